The first-order valence-corrected chi connectivity index (χ1v) is 5.66. The van der Waals surface area contributed by atoms with Gasteiger partial charge in [0.05, 0.1) is 11.6 Å². The molecule has 1 aromatic carbocycles. The molecule has 0 radical (unpaired) electrons. The second kappa shape index (κ2) is 7.30. The van der Waals surface area contributed by atoms with Crippen LogP contribution in [0.1, 0.15) is 12.5 Å². The van der Waals surface area contributed by atoms with Crippen molar-refractivity contribution in [2.45, 2.75) is 6.92 Å². The maximum atomic E-state index is 11.4. The summed E-state index contributed by atoms with van der Waals surface area (Å²) in [6, 6.07) is 8.53. The number of nitrogens with one attached hydrogen (secondary N) is 1. The fraction of sp³-hybridized carbons (Fsp3) is 0.385. The Balaban J connectivity index is 2.31. The van der Waals surface area contributed by atoms with E-state index in [1.807, 2.05) is 13.0 Å². The van der Waals surface area contributed by atoms with E-state index in [1.54, 1.807) is 24.3 Å². The highest BCUT2D eigenvalue weighted by atomic mass is 16.5. The predicted octanol–water partition coefficient (Wildman–Crippen LogP) is 0.682. The molecule has 1 aromatic rings. The summed E-state index contributed by atoms with van der Waals surface area (Å²) in [7, 11) is 0. The highest BCUT2D eigenvalue weighted by Gasteiger charge is 2.05. The molecule has 96 valence electrons. The number of aliphatic hydroxyl groups is 1. The van der Waals surface area contributed by atoms with Crippen LogP contribution in [0.2, 0.25) is 0 Å². The highest BCUT2D eigenvalue weighted by molar-refractivity contribution is 5.77. The number of nitriles is 1. The number of benzene rings is 1. The van der Waals surface area contributed by atoms with Crippen LogP contribution in [0.15, 0.2) is 24.3 Å². The van der Waals surface area contributed by atoms with Gasteiger partial charge in [-0.15, -0.1) is 0 Å². The van der Waals surface area contributed by atoms with Gasteiger partial charge in [-0.2, -0.15) is 5.26 Å². The minimum Gasteiger partial charge on any atom is -0.484 e. The molecule has 0 aromatic heterocycles. The monoisotopic (exact) mass is 248 g/mol. The molecule has 2 N–H and O–H groups in total. The fourth-order valence-corrected chi connectivity index (χ4v) is 1.18. The molecule has 0 aliphatic rings. The maximum absolute atomic E-state index is 11.4. The van der Waals surface area contributed by atoms with Crippen molar-refractivity contribution in [3.05, 3.63) is 29.8 Å². The number of hydrogen-bond acceptors (Lipinski definition) is 4. The summed E-state index contributed by atoms with van der Waals surface area (Å²) in [6.45, 7) is 2.22. The van der Waals surface area contributed by atoms with Crippen LogP contribution in [0, 0.1) is 17.2 Å². The predicted molar refractivity (Wildman–Crippen MR) is 65.9 cm³/mol. The van der Waals surface area contributed by atoms with Crippen molar-refractivity contribution in [3.8, 4) is 11.8 Å². The third kappa shape index (κ3) is 4.85. The van der Waals surface area contributed by atoms with Gasteiger partial charge in [0.1, 0.15) is 5.75 Å². The molecular weight excluding hydrogens is 232 g/mol. The lowest BCUT2D eigenvalue weighted by Crippen LogP contribution is -2.33. The molecule has 0 saturated heterocycles. The first-order valence-electron chi connectivity index (χ1n) is 5.66. The summed E-state index contributed by atoms with van der Waals surface area (Å²) >= 11 is 0. The minimum atomic E-state index is -0.236. The Morgan fingerprint density at radius 2 is 2.17 bits per heavy atom. The van der Waals surface area contributed by atoms with E-state index in [0.717, 1.165) is 0 Å². The van der Waals surface area contributed by atoms with Gasteiger partial charge in [0.2, 0.25) is 0 Å². The Labute approximate surface area is 106 Å². The van der Waals surface area contributed by atoms with Crippen LogP contribution < -0.4 is 10.1 Å². The number of nitrogens with zero attached hydrogens (tertiary/aromatic N) is 1. The van der Waals surface area contributed by atoms with E-state index in [4.69, 9.17) is 15.1 Å². The SMILES string of the molecule is CC(CO)CNC(=O)COc1ccc(C#N)cc1. The van der Waals surface area contributed by atoms with Crippen LogP contribution >= 0.6 is 0 Å². The molecule has 5 heteroatoms. The van der Waals surface area contributed by atoms with E-state index in [2.05, 4.69) is 5.32 Å². The highest BCUT2D eigenvalue weighted by Crippen LogP contribution is 2.11. The Morgan fingerprint density at radius 1 is 1.50 bits per heavy atom. The molecule has 18 heavy (non-hydrogen) atoms. The largest absolute Gasteiger partial charge is 0.484 e. The van der Waals surface area contributed by atoms with E-state index in [-0.39, 0.29) is 25.0 Å². The summed E-state index contributed by atoms with van der Waals surface area (Å²) in [5, 5.41) is 20.1. The summed E-state index contributed by atoms with van der Waals surface area (Å²) in [5.41, 5.74) is 0.545. The Kier molecular flexibility index (Phi) is 5.68. The van der Waals surface area contributed by atoms with E-state index >= 15 is 0 Å². The minimum absolute atomic E-state index is 0.0314. The number of hydrogen-bond donors (Lipinski definition) is 2. The average molecular weight is 248 g/mol. The Morgan fingerprint density at radius 3 is 2.72 bits per heavy atom. The molecule has 0 spiro atoms. The Hall–Kier alpha value is -2.06. The van der Waals surface area contributed by atoms with E-state index < -0.39 is 0 Å². The molecule has 0 aliphatic carbocycles. The van der Waals surface area contributed by atoms with Crippen molar-refractivity contribution in [2.75, 3.05) is 19.8 Å². The second-order valence-corrected chi connectivity index (χ2v) is 4.02. The van der Waals surface area contributed by atoms with Gasteiger partial charge in [-0.1, -0.05) is 6.92 Å². The van der Waals surface area contributed by atoms with Crippen molar-refractivity contribution in [1.29, 1.82) is 5.26 Å². The summed E-state index contributed by atoms with van der Waals surface area (Å²) in [4.78, 5) is 11.4. The van der Waals surface area contributed by atoms with Gasteiger partial charge < -0.3 is 15.2 Å². The van der Waals surface area contributed by atoms with Crippen LogP contribution in [-0.2, 0) is 4.79 Å². The smallest absolute Gasteiger partial charge is 0.257 e. The van der Waals surface area contributed by atoms with Gasteiger partial charge in [-0.3, -0.25) is 4.79 Å². The third-order valence-electron chi connectivity index (χ3n) is 2.31. The van der Waals surface area contributed by atoms with Gasteiger partial charge >= 0.3 is 0 Å². The first-order chi connectivity index (χ1) is 8.65. The summed E-state index contributed by atoms with van der Waals surface area (Å²) in [5.74, 6) is 0.336. The van der Waals surface area contributed by atoms with Crippen molar-refractivity contribution < 1.29 is 14.6 Å². The zero-order chi connectivity index (χ0) is 13.4. The molecule has 5 nitrogen and oxygen atoms in total. The topological polar surface area (TPSA) is 82.3 Å². The van der Waals surface area contributed by atoms with E-state index in [1.165, 1.54) is 0 Å². The molecule has 0 saturated carbocycles. The molecule has 1 unspecified atom stereocenters. The van der Waals surface area contributed by atoms with Crippen molar-refractivity contribution in [2.24, 2.45) is 5.92 Å². The number of amides is 1. The first kappa shape index (κ1) is 14.0. The molecule has 1 atom stereocenters. The maximum Gasteiger partial charge on any atom is 0.257 e. The molecule has 0 heterocycles. The van der Waals surface area contributed by atoms with Gasteiger partial charge in [-0.25, -0.2) is 0 Å². The van der Waals surface area contributed by atoms with Crippen LogP contribution in [0.5, 0.6) is 5.75 Å². The van der Waals surface area contributed by atoms with Crippen LogP contribution in [-0.4, -0.2) is 30.8 Å². The quantitative estimate of drug-likeness (QED) is 0.775. The number of aliphatic hydroxyl groups excluding tert-OH is 1. The number of ether oxygens (including phenoxy) is 1. The molecular formula is C13H16N2O3. The van der Waals surface area contributed by atoms with Gasteiger partial charge in [-0.05, 0) is 30.2 Å². The standard InChI is InChI=1S/C13H16N2O3/c1-10(8-16)7-15-13(17)9-18-12-4-2-11(6-14)3-5-12/h2-5,10,16H,7-9H2,1H3,(H,15,17). The lowest BCUT2D eigenvalue weighted by molar-refractivity contribution is -0.123. The molecule has 1 amide bonds. The van der Waals surface area contributed by atoms with Crippen molar-refractivity contribution in [3.63, 3.8) is 0 Å². The number of rotatable bonds is 6. The normalized spacial score (nSPS) is 11.4. The lowest BCUT2D eigenvalue weighted by Gasteiger charge is -2.10. The molecule has 0 bridgehead atoms. The third-order valence-corrected chi connectivity index (χ3v) is 2.31. The second-order valence-electron chi connectivity index (χ2n) is 4.02. The van der Waals surface area contributed by atoms with Crippen LogP contribution in [0.4, 0.5) is 0 Å². The molecule has 0 aliphatic heterocycles. The molecule has 0 fully saturated rings. The number of carbonyl (C=O) groups is 1. The van der Waals surface area contributed by atoms with Gasteiger partial charge in [0, 0.05) is 13.2 Å². The summed E-state index contributed by atoms with van der Waals surface area (Å²) < 4.78 is 5.25. The van der Waals surface area contributed by atoms with Crippen molar-refractivity contribution >= 4 is 5.91 Å². The lowest BCUT2D eigenvalue weighted by atomic mass is 10.2. The fourth-order valence-electron chi connectivity index (χ4n) is 1.18. The average Bonchev–Trinajstić information content (AvgIpc) is 2.42. The zero-order valence-corrected chi connectivity index (χ0v) is 10.2. The zero-order valence-electron chi connectivity index (χ0n) is 10.2. The Bertz CT molecular complexity index is 423. The number of carbonyl (C=O) groups excluding carboxylic acids is 1. The van der Waals surface area contributed by atoms with Gasteiger partial charge in [0.15, 0.2) is 6.61 Å². The molecule has 1 rings (SSSR count). The van der Waals surface area contributed by atoms with Crippen molar-refractivity contribution in [1.82, 2.24) is 5.32 Å². The van der Waals surface area contributed by atoms with E-state index in [0.29, 0.717) is 17.9 Å². The van der Waals surface area contributed by atoms with Crippen LogP contribution in [0.25, 0.3) is 0 Å². The summed E-state index contributed by atoms with van der Waals surface area (Å²) in [6.07, 6.45) is 0. The van der Waals surface area contributed by atoms with Gasteiger partial charge in [0.25, 0.3) is 5.91 Å². The van der Waals surface area contributed by atoms with Crippen LogP contribution in [0.3, 0.4) is 0 Å². The van der Waals surface area contributed by atoms with E-state index in [9.17, 15) is 4.79 Å².